The molecule has 0 amide bonds. The Morgan fingerprint density at radius 2 is 1.69 bits per heavy atom. The monoisotopic (exact) mass is 322 g/mol. The van der Waals surface area contributed by atoms with Crippen molar-refractivity contribution in [1.29, 1.82) is 0 Å². The van der Waals surface area contributed by atoms with Gasteiger partial charge < -0.3 is 14.7 Å². The van der Waals surface area contributed by atoms with Crippen LogP contribution in [0.2, 0.25) is 0 Å². The van der Waals surface area contributed by atoms with Crippen LogP contribution in [0.25, 0.3) is 0 Å². The summed E-state index contributed by atoms with van der Waals surface area (Å²) in [5.74, 6) is 0. The molecule has 0 spiro atoms. The van der Waals surface area contributed by atoms with E-state index in [0.717, 1.165) is 0 Å². The molecule has 0 aliphatic rings. The van der Waals surface area contributed by atoms with E-state index < -0.39 is 19.9 Å². The van der Waals surface area contributed by atoms with Gasteiger partial charge in [0.05, 0.1) is 7.32 Å². The van der Waals surface area contributed by atoms with Gasteiger partial charge in [-0.3, -0.25) is 0 Å². The molecule has 0 rings (SSSR count). The van der Waals surface area contributed by atoms with Gasteiger partial charge in [-0.25, -0.2) is 0 Å². The van der Waals surface area contributed by atoms with Crippen LogP contribution in [0, 0.1) is 0 Å². The van der Waals surface area contributed by atoms with Crippen molar-refractivity contribution in [3.8, 4) is 0 Å². The van der Waals surface area contributed by atoms with Crippen molar-refractivity contribution in [2.45, 2.75) is 25.4 Å². The Balaban J connectivity index is 0. The fourth-order valence-electron chi connectivity index (χ4n) is 0.607. The summed E-state index contributed by atoms with van der Waals surface area (Å²) >= 11 is 0. The number of rotatable bonds is 5. The summed E-state index contributed by atoms with van der Waals surface area (Å²) < 4.78 is 38.4. The van der Waals surface area contributed by atoms with Crippen LogP contribution in [0.15, 0.2) is 0 Å². The smallest absolute Gasteiger partial charge is 0.871 e. The molecule has 0 unspecified atom stereocenters. The third-order valence-corrected chi connectivity index (χ3v) is 1.11. The van der Waals surface area contributed by atoms with Gasteiger partial charge in [0.2, 0.25) is 0 Å². The molecule has 0 aromatic rings. The van der Waals surface area contributed by atoms with Crippen molar-refractivity contribution in [3.05, 3.63) is 0 Å². The van der Waals surface area contributed by atoms with Crippen LogP contribution in [0.5, 0.6) is 0 Å². The first-order valence-electron chi connectivity index (χ1n) is 3.42. The van der Waals surface area contributed by atoms with Gasteiger partial charge in [0, 0.05) is 13.0 Å². The van der Waals surface area contributed by atoms with Crippen molar-refractivity contribution in [2.24, 2.45) is 0 Å². The molecular weight excluding hydrogens is 313 g/mol. The van der Waals surface area contributed by atoms with Crippen molar-refractivity contribution < 1.29 is 27.9 Å². The fraction of sp³-hybridized carbons (Fsp3) is 1.00. The van der Waals surface area contributed by atoms with Gasteiger partial charge in [-0.1, -0.05) is 0 Å². The van der Waals surface area contributed by atoms with E-state index in [1.165, 1.54) is 0 Å². The summed E-state index contributed by atoms with van der Waals surface area (Å²) in [7, 11) is -2.39. The minimum Gasteiger partial charge on any atom is -0.871 e. The zero-order valence-electron chi connectivity index (χ0n) is 6.97. The first-order valence-corrected chi connectivity index (χ1v) is 3.42. The Bertz CT molecular complexity index is 122. The predicted molar refractivity (Wildman–Crippen MR) is 37.4 cm³/mol. The van der Waals surface area contributed by atoms with Crippen LogP contribution in [0.4, 0.5) is 13.2 Å². The first-order chi connectivity index (χ1) is 5.42. The maximum atomic E-state index is 11.5. The molecule has 0 aliphatic heterocycles. The molecule has 0 heterocycles. The summed E-state index contributed by atoms with van der Waals surface area (Å²) in [5, 5.41) is 19.4. The fourth-order valence-corrected chi connectivity index (χ4v) is 0.607. The van der Waals surface area contributed by atoms with Gasteiger partial charge in [-0.15, -0.1) is 0 Å². The van der Waals surface area contributed by atoms with Crippen LogP contribution in [-0.4, -0.2) is 69.0 Å². The molecule has 0 radical (unpaired) electrons. The van der Waals surface area contributed by atoms with Crippen LogP contribution in [0.3, 0.4) is 0 Å². The molecule has 13 heavy (non-hydrogen) atoms. The SMILES string of the molecule is [Ba+2].[O-]B([O-])OCCCCC(F)(F)F. The maximum Gasteiger partial charge on any atom is 2.00 e. The molecule has 3 nitrogen and oxygen atoms in total. The van der Waals surface area contributed by atoms with Crippen molar-refractivity contribution in [3.63, 3.8) is 0 Å². The largest absolute Gasteiger partial charge is 2.00 e. The second-order valence-electron chi connectivity index (χ2n) is 2.23. The van der Waals surface area contributed by atoms with Crippen LogP contribution < -0.4 is 10.0 Å². The quantitative estimate of drug-likeness (QED) is 0.485. The van der Waals surface area contributed by atoms with E-state index >= 15 is 0 Å². The van der Waals surface area contributed by atoms with Crippen LogP contribution in [0.1, 0.15) is 19.3 Å². The minimum absolute atomic E-state index is 0. The zero-order chi connectivity index (χ0) is 9.61. The van der Waals surface area contributed by atoms with Gasteiger partial charge in [-0.05, 0) is 12.8 Å². The van der Waals surface area contributed by atoms with Gasteiger partial charge >= 0.3 is 55.1 Å². The van der Waals surface area contributed by atoms with Gasteiger partial charge in [0.25, 0.3) is 0 Å². The number of hydrogen-bond acceptors (Lipinski definition) is 3. The first kappa shape index (κ1) is 16.7. The topological polar surface area (TPSA) is 55.3 Å². The molecule has 0 fully saturated rings. The summed E-state index contributed by atoms with van der Waals surface area (Å²) in [6.07, 6.45) is -5.11. The Hall–Kier alpha value is 1.31. The third kappa shape index (κ3) is 16.0. The summed E-state index contributed by atoms with van der Waals surface area (Å²) in [5.41, 5.74) is 0. The van der Waals surface area contributed by atoms with E-state index in [9.17, 15) is 23.2 Å². The normalized spacial score (nSPS) is 10.8. The Kier molecular flexibility index (Phi) is 11.1. The van der Waals surface area contributed by atoms with Crippen molar-refractivity contribution >= 4 is 56.2 Å². The summed E-state index contributed by atoms with van der Waals surface area (Å²) in [4.78, 5) is 0. The second-order valence-corrected chi connectivity index (χ2v) is 2.23. The molecule has 72 valence electrons. The van der Waals surface area contributed by atoms with Crippen molar-refractivity contribution in [2.75, 3.05) is 6.61 Å². The summed E-state index contributed by atoms with van der Waals surface area (Å²) in [6, 6.07) is 0. The van der Waals surface area contributed by atoms with E-state index in [0.29, 0.717) is 0 Å². The zero-order valence-corrected chi connectivity index (χ0v) is 11.4. The van der Waals surface area contributed by atoms with Crippen LogP contribution >= 0.6 is 0 Å². The minimum atomic E-state index is -4.17. The number of halogens is 3. The third-order valence-electron chi connectivity index (χ3n) is 1.11. The molecule has 0 bridgehead atoms. The van der Waals surface area contributed by atoms with E-state index in [1.807, 2.05) is 0 Å². The Morgan fingerprint density at radius 1 is 1.15 bits per heavy atom. The second kappa shape index (κ2) is 8.60. The van der Waals surface area contributed by atoms with E-state index in [-0.39, 0.29) is 68.3 Å². The maximum absolute atomic E-state index is 11.5. The molecular formula is C5H8BBaF3O3. The van der Waals surface area contributed by atoms with E-state index in [1.54, 1.807) is 0 Å². The van der Waals surface area contributed by atoms with Gasteiger partial charge in [0.1, 0.15) is 0 Å². The average molecular weight is 321 g/mol. The van der Waals surface area contributed by atoms with Crippen molar-refractivity contribution in [1.82, 2.24) is 0 Å². The average Bonchev–Trinajstić information content (AvgIpc) is 1.83. The van der Waals surface area contributed by atoms with Crippen LogP contribution in [-0.2, 0) is 4.65 Å². The predicted octanol–water partition coefficient (Wildman–Crippen LogP) is -0.940. The number of hydrogen-bond donors (Lipinski definition) is 0. The Morgan fingerprint density at radius 3 is 2.08 bits per heavy atom. The molecule has 0 aromatic carbocycles. The number of alkyl halides is 3. The molecule has 0 atom stereocenters. The molecule has 0 aromatic heterocycles. The van der Waals surface area contributed by atoms with Gasteiger partial charge in [0.15, 0.2) is 0 Å². The van der Waals surface area contributed by atoms with E-state index in [4.69, 9.17) is 0 Å². The molecule has 0 N–H and O–H groups in total. The molecule has 8 heteroatoms. The molecule has 0 saturated heterocycles. The molecule has 0 saturated carbocycles. The molecule has 0 aliphatic carbocycles. The van der Waals surface area contributed by atoms with Gasteiger partial charge in [-0.2, -0.15) is 13.2 Å². The standard InChI is InChI=1S/C5H8BF3O3.Ba/c7-5(8,9)3-1-2-4-12-6(10)11;/h1-4H2;/q-2;+2. The van der Waals surface area contributed by atoms with E-state index in [2.05, 4.69) is 4.65 Å². The summed E-state index contributed by atoms with van der Waals surface area (Å²) in [6.45, 7) is -0.201. The number of unbranched alkanes of at least 4 members (excludes halogenated alkanes) is 1. The Labute approximate surface area is 115 Å².